The number of furan rings is 1. The van der Waals surface area contributed by atoms with Crippen LogP contribution in [0.2, 0.25) is 0 Å². The van der Waals surface area contributed by atoms with Crippen molar-refractivity contribution < 1.29 is 32.7 Å². The third kappa shape index (κ3) is 6.25. The van der Waals surface area contributed by atoms with Gasteiger partial charge in [-0.05, 0) is 83.5 Å². The fourth-order valence-corrected chi connectivity index (χ4v) is 4.42. The lowest BCUT2D eigenvalue weighted by molar-refractivity contribution is -0.274. The van der Waals surface area contributed by atoms with E-state index in [1.54, 1.807) is 45.0 Å². The first-order valence-corrected chi connectivity index (χ1v) is 13.7. The van der Waals surface area contributed by atoms with E-state index in [9.17, 15) is 10.1 Å². The molecule has 0 bridgehead atoms. The quantitative estimate of drug-likeness (QED) is 0.267. The molecular weight excluding hydrogens is 540 g/mol. The minimum Gasteiger partial charge on any atom is -0.492 e. The maximum Gasteiger partial charge on any atom is 0.408 e. The molecule has 2 aromatic heterocycles. The predicted molar refractivity (Wildman–Crippen MR) is 152 cm³/mol. The fourth-order valence-electron chi connectivity index (χ4n) is 4.42. The van der Waals surface area contributed by atoms with Gasteiger partial charge >= 0.3 is 6.09 Å². The Kier molecular flexibility index (Phi) is 7.70. The summed E-state index contributed by atoms with van der Waals surface area (Å²) in [7, 11) is 0. The first-order valence-electron chi connectivity index (χ1n) is 13.7. The molecule has 1 amide bonds. The molecule has 0 radical (unpaired) electrons. The second kappa shape index (κ2) is 11.1. The second-order valence-electron chi connectivity index (χ2n) is 11.6. The van der Waals surface area contributed by atoms with E-state index in [-0.39, 0.29) is 19.1 Å². The maximum absolute atomic E-state index is 12.8. The van der Waals surface area contributed by atoms with Gasteiger partial charge in [0.15, 0.2) is 5.79 Å². The van der Waals surface area contributed by atoms with Crippen LogP contribution in [0.3, 0.4) is 0 Å². The SMILES string of the molecule is CCCOc1ccc(-c2nc(-c3ccc4oc(C5(NC(=O)OC(C)(C)C)COC(C)(C)OC5)cc4c3)no2)cc1C#N. The van der Waals surface area contributed by atoms with Gasteiger partial charge in [0.1, 0.15) is 34.3 Å². The zero-order chi connectivity index (χ0) is 30.1. The number of carbonyl (C=O) groups excluding carboxylic acids is 1. The number of nitrogens with one attached hydrogen (secondary N) is 1. The van der Waals surface area contributed by atoms with Crippen molar-refractivity contribution in [1.82, 2.24) is 15.5 Å². The molecule has 1 saturated heterocycles. The lowest BCUT2D eigenvalue weighted by Crippen LogP contribution is -2.59. The number of alkyl carbamates (subject to hydrolysis) is 1. The van der Waals surface area contributed by atoms with Crippen LogP contribution in [-0.4, -0.2) is 47.4 Å². The Morgan fingerprint density at radius 1 is 1.10 bits per heavy atom. The van der Waals surface area contributed by atoms with Crippen molar-refractivity contribution >= 4 is 17.1 Å². The maximum atomic E-state index is 12.8. The highest BCUT2D eigenvalue weighted by Crippen LogP contribution is 2.36. The average Bonchev–Trinajstić information content (AvgIpc) is 3.60. The molecule has 0 unspecified atom stereocenters. The van der Waals surface area contributed by atoms with Gasteiger partial charge in [-0.25, -0.2) is 4.79 Å². The number of rotatable bonds is 7. The van der Waals surface area contributed by atoms with Crippen molar-refractivity contribution in [2.45, 2.75) is 64.9 Å². The van der Waals surface area contributed by atoms with Crippen molar-refractivity contribution in [1.29, 1.82) is 5.26 Å². The molecule has 1 fully saturated rings. The van der Waals surface area contributed by atoms with E-state index >= 15 is 0 Å². The minimum absolute atomic E-state index is 0.118. The fraction of sp³-hybridized carbons (Fsp3) is 0.419. The number of nitrogens with zero attached hydrogens (tertiary/aromatic N) is 3. The zero-order valence-electron chi connectivity index (χ0n) is 24.6. The van der Waals surface area contributed by atoms with Crippen LogP contribution >= 0.6 is 0 Å². The molecule has 3 heterocycles. The summed E-state index contributed by atoms with van der Waals surface area (Å²) >= 11 is 0. The van der Waals surface area contributed by atoms with Crippen molar-refractivity contribution in [3.63, 3.8) is 0 Å². The highest BCUT2D eigenvalue weighted by atomic mass is 16.7. The minimum atomic E-state index is -1.11. The molecule has 1 aliphatic heterocycles. The molecule has 0 aliphatic carbocycles. The number of carbonyl (C=O) groups is 1. The summed E-state index contributed by atoms with van der Waals surface area (Å²) in [6.45, 7) is 11.8. The molecule has 220 valence electrons. The number of amides is 1. The summed E-state index contributed by atoms with van der Waals surface area (Å²) in [6, 6.07) is 14.6. The van der Waals surface area contributed by atoms with Gasteiger partial charge in [0.05, 0.1) is 25.4 Å². The molecule has 1 N–H and O–H groups in total. The van der Waals surface area contributed by atoms with Gasteiger partial charge in [0, 0.05) is 16.5 Å². The van der Waals surface area contributed by atoms with Gasteiger partial charge in [0.25, 0.3) is 5.89 Å². The Morgan fingerprint density at radius 3 is 2.52 bits per heavy atom. The third-order valence-electron chi connectivity index (χ3n) is 6.55. The highest BCUT2D eigenvalue weighted by Gasteiger charge is 2.46. The summed E-state index contributed by atoms with van der Waals surface area (Å²) in [5.41, 5.74) is 0.488. The first-order chi connectivity index (χ1) is 19.9. The van der Waals surface area contributed by atoms with Crippen molar-refractivity contribution in [2.24, 2.45) is 0 Å². The van der Waals surface area contributed by atoms with E-state index in [1.807, 2.05) is 39.0 Å². The van der Waals surface area contributed by atoms with E-state index in [2.05, 4.69) is 21.5 Å². The van der Waals surface area contributed by atoms with E-state index in [1.165, 1.54) is 0 Å². The van der Waals surface area contributed by atoms with Gasteiger partial charge in [-0.3, -0.25) is 0 Å². The highest BCUT2D eigenvalue weighted by molar-refractivity contribution is 5.83. The van der Waals surface area contributed by atoms with Crippen LogP contribution in [0, 0.1) is 11.3 Å². The molecule has 1 aliphatic rings. The molecule has 11 heteroatoms. The van der Waals surface area contributed by atoms with Gasteiger partial charge < -0.3 is 33.2 Å². The van der Waals surface area contributed by atoms with Crippen LogP contribution in [0.25, 0.3) is 33.8 Å². The topological polar surface area (TPSA) is 142 Å². The van der Waals surface area contributed by atoms with Crippen molar-refractivity contribution in [2.75, 3.05) is 19.8 Å². The summed E-state index contributed by atoms with van der Waals surface area (Å²) in [4.78, 5) is 17.4. The Labute approximate surface area is 243 Å². The molecule has 11 nitrogen and oxygen atoms in total. The Balaban J connectivity index is 1.43. The number of benzene rings is 2. The number of fused-ring (bicyclic) bond motifs is 1. The Morgan fingerprint density at radius 2 is 1.83 bits per heavy atom. The lowest BCUT2D eigenvalue weighted by atomic mass is 9.96. The third-order valence-corrected chi connectivity index (χ3v) is 6.55. The molecular formula is C31H34N4O7. The largest absolute Gasteiger partial charge is 0.492 e. The summed E-state index contributed by atoms with van der Waals surface area (Å²) in [5, 5.41) is 17.4. The van der Waals surface area contributed by atoms with E-state index in [4.69, 9.17) is 27.9 Å². The van der Waals surface area contributed by atoms with Crippen LogP contribution in [0.5, 0.6) is 5.75 Å². The summed E-state index contributed by atoms with van der Waals surface area (Å²) in [6.07, 6.45) is 0.225. The average molecular weight is 575 g/mol. The number of ether oxygens (including phenoxy) is 4. The Hall–Kier alpha value is -4.40. The Bertz CT molecular complexity index is 1630. The molecule has 42 heavy (non-hydrogen) atoms. The van der Waals surface area contributed by atoms with Crippen LogP contribution < -0.4 is 10.1 Å². The van der Waals surface area contributed by atoms with Gasteiger partial charge in [-0.1, -0.05) is 12.1 Å². The van der Waals surface area contributed by atoms with Gasteiger partial charge in [-0.15, -0.1) is 0 Å². The van der Waals surface area contributed by atoms with Crippen molar-refractivity contribution in [3.05, 3.63) is 53.8 Å². The molecule has 0 atom stereocenters. The molecule has 0 saturated carbocycles. The van der Waals surface area contributed by atoms with E-state index in [0.29, 0.717) is 46.2 Å². The molecule has 5 rings (SSSR count). The predicted octanol–water partition coefficient (Wildman–Crippen LogP) is 6.31. The number of nitriles is 1. The summed E-state index contributed by atoms with van der Waals surface area (Å²) < 4.78 is 34.8. The van der Waals surface area contributed by atoms with Crippen LogP contribution in [0.1, 0.15) is 59.3 Å². The van der Waals surface area contributed by atoms with E-state index in [0.717, 1.165) is 11.8 Å². The van der Waals surface area contributed by atoms with Crippen LogP contribution in [0.15, 0.2) is 51.4 Å². The van der Waals surface area contributed by atoms with E-state index < -0.39 is 23.0 Å². The molecule has 0 spiro atoms. The normalized spacial score (nSPS) is 16.1. The lowest BCUT2D eigenvalue weighted by Gasteiger charge is -2.42. The standard InChI is InChI=1S/C31H34N4O7/c1-7-12-37-23-10-9-20(14-22(23)16-32)27-33-26(35-42-27)19-8-11-24-21(13-19)15-25(40-24)31(17-38-30(5,6)39-18-31)34-28(36)41-29(2,3)4/h8-11,13-15H,7,12,17-18H2,1-6H3,(H,34,36). The van der Waals surface area contributed by atoms with Crippen molar-refractivity contribution in [3.8, 4) is 34.7 Å². The zero-order valence-corrected chi connectivity index (χ0v) is 24.6. The second-order valence-corrected chi connectivity index (χ2v) is 11.6. The number of aromatic nitrogens is 2. The van der Waals surface area contributed by atoms with Gasteiger partial charge in [-0.2, -0.15) is 10.2 Å². The number of hydrogen-bond acceptors (Lipinski definition) is 10. The van der Waals surface area contributed by atoms with Crippen LogP contribution in [-0.2, 0) is 19.7 Å². The van der Waals surface area contributed by atoms with Crippen LogP contribution in [0.4, 0.5) is 4.79 Å². The van der Waals surface area contributed by atoms with Gasteiger partial charge in [0.2, 0.25) is 5.82 Å². The summed E-state index contributed by atoms with van der Waals surface area (Å²) in [5.74, 6) is 0.800. The molecule has 4 aromatic rings. The number of hydrogen-bond donors (Lipinski definition) is 1. The first kappa shape index (κ1) is 29.1. The monoisotopic (exact) mass is 574 g/mol. The molecule has 2 aromatic carbocycles. The smallest absolute Gasteiger partial charge is 0.408 e.